The van der Waals surface area contributed by atoms with Crippen LogP contribution in [0.25, 0.3) is 11.0 Å². The molecule has 1 aromatic heterocycles. The zero-order valence-corrected chi connectivity index (χ0v) is 16.3. The van der Waals surface area contributed by atoms with Gasteiger partial charge in [-0.05, 0) is 37.8 Å². The van der Waals surface area contributed by atoms with Gasteiger partial charge in [-0.1, -0.05) is 44.2 Å². The van der Waals surface area contributed by atoms with Crippen molar-refractivity contribution in [3.05, 3.63) is 30.1 Å². The summed E-state index contributed by atoms with van der Waals surface area (Å²) in [6.07, 6.45) is 11.0. The molecular weight excluding hydrogens is 348 g/mol. The third-order valence-electron chi connectivity index (χ3n) is 5.87. The molecule has 0 bridgehead atoms. The number of benzene rings is 1. The van der Waals surface area contributed by atoms with E-state index in [0.717, 1.165) is 29.7 Å². The predicted molar refractivity (Wildman–Crippen MR) is 107 cm³/mol. The summed E-state index contributed by atoms with van der Waals surface area (Å²) < 4.78 is 8.24. The molecule has 0 radical (unpaired) electrons. The molecule has 2 aromatic rings. The highest BCUT2D eigenvalue weighted by molar-refractivity contribution is 5.85. The van der Waals surface area contributed by atoms with Crippen molar-refractivity contribution >= 4 is 23.4 Å². The van der Waals surface area contributed by atoms with E-state index in [4.69, 9.17) is 9.72 Å². The molecule has 1 atom stereocenters. The van der Waals surface area contributed by atoms with Gasteiger partial charge in [0.05, 0.1) is 36.4 Å². The number of aliphatic hydroxyl groups is 1. The summed E-state index contributed by atoms with van der Waals surface area (Å²) in [6.45, 7) is 1.01. The van der Waals surface area contributed by atoms with E-state index in [-0.39, 0.29) is 12.4 Å². The van der Waals surface area contributed by atoms with Gasteiger partial charge in [-0.15, -0.1) is 12.4 Å². The minimum absolute atomic E-state index is 0. The molecule has 5 heteroatoms. The van der Waals surface area contributed by atoms with Gasteiger partial charge < -0.3 is 14.4 Å². The summed E-state index contributed by atoms with van der Waals surface area (Å²) in [5.41, 5.74) is 2.19. The molecule has 2 aliphatic carbocycles. The van der Waals surface area contributed by atoms with Crippen LogP contribution in [0.5, 0.6) is 0 Å². The fourth-order valence-electron chi connectivity index (χ4n) is 4.52. The lowest BCUT2D eigenvalue weighted by atomic mass is 9.98. The Balaban J connectivity index is 0.00000196. The second kappa shape index (κ2) is 9.20. The number of aromatic nitrogens is 2. The first-order valence-electron chi connectivity index (χ1n) is 10.1. The molecule has 0 saturated heterocycles. The molecule has 2 fully saturated rings. The van der Waals surface area contributed by atoms with Gasteiger partial charge in [-0.2, -0.15) is 0 Å². The molecule has 0 aliphatic heterocycles. The van der Waals surface area contributed by atoms with E-state index in [0.29, 0.717) is 25.2 Å². The average molecular weight is 379 g/mol. The standard InChI is InChI=1S/C21H30N2O2.ClH/c24-17(15-25-18-10-2-1-3-11-18)14-23-20-13-7-6-12-19(20)22-21(23)16-8-4-5-9-16;/h6-7,12-13,16-18,24H,1-5,8-11,14-15H2;1H. The van der Waals surface area contributed by atoms with Crippen LogP contribution in [0.2, 0.25) is 0 Å². The van der Waals surface area contributed by atoms with Crippen LogP contribution in [0, 0.1) is 0 Å². The molecule has 2 saturated carbocycles. The predicted octanol–water partition coefficient (Wildman–Crippen LogP) is 4.83. The van der Waals surface area contributed by atoms with E-state index in [1.165, 1.54) is 44.9 Å². The fourth-order valence-corrected chi connectivity index (χ4v) is 4.52. The molecular formula is C21H31ClN2O2. The average Bonchev–Trinajstić information content (AvgIpc) is 3.29. The van der Waals surface area contributed by atoms with E-state index >= 15 is 0 Å². The SMILES string of the molecule is Cl.OC(COC1CCCCC1)Cn1c(C2CCCC2)nc2ccccc21. The lowest BCUT2D eigenvalue weighted by Crippen LogP contribution is -2.27. The van der Waals surface area contributed by atoms with Crippen LogP contribution in [0.15, 0.2) is 24.3 Å². The summed E-state index contributed by atoms with van der Waals surface area (Å²) in [4.78, 5) is 4.91. The van der Waals surface area contributed by atoms with Crippen LogP contribution in [0.3, 0.4) is 0 Å². The van der Waals surface area contributed by atoms with Gasteiger partial charge in [0.25, 0.3) is 0 Å². The number of fused-ring (bicyclic) bond motifs is 1. The zero-order chi connectivity index (χ0) is 17.1. The fraction of sp³-hybridized carbons (Fsp3) is 0.667. The number of ether oxygens (including phenoxy) is 1. The Morgan fingerprint density at radius 3 is 2.50 bits per heavy atom. The highest BCUT2D eigenvalue weighted by atomic mass is 35.5. The number of aliphatic hydroxyl groups excluding tert-OH is 1. The number of nitrogens with zero attached hydrogens (tertiary/aromatic N) is 2. The molecule has 1 heterocycles. The van der Waals surface area contributed by atoms with E-state index < -0.39 is 6.10 Å². The molecule has 144 valence electrons. The summed E-state index contributed by atoms with van der Waals surface area (Å²) in [5, 5.41) is 10.6. The second-order valence-electron chi connectivity index (χ2n) is 7.80. The lowest BCUT2D eigenvalue weighted by molar-refractivity contribution is -0.0282. The van der Waals surface area contributed by atoms with Crippen LogP contribution in [0.1, 0.15) is 69.5 Å². The normalized spacial score (nSPS) is 20.3. The monoisotopic (exact) mass is 378 g/mol. The Kier molecular flexibility index (Phi) is 6.96. The smallest absolute Gasteiger partial charge is 0.113 e. The van der Waals surface area contributed by atoms with Crippen LogP contribution < -0.4 is 0 Å². The van der Waals surface area contributed by atoms with Crippen LogP contribution in [-0.4, -0.2) is 33.5 Å². The van der Waals surface area contributed by atoms with Gasteiger partial charge >= 0.3 is 0 Å². The number of rotatable bonds is 6. The third kappa shape index (κ3) is 4.41. The summed E-state index contributed by atoms with van der Waals surface area (Å²) in [7, 11) is 0. The first kappa shape index (κ1) is 19.7. The van der Waals surface area contributed by atoms with Gasteiger partial charge in [-0.25, -0.2) is 4.98 Å². The number of hydrogen-bond acceptors (Lipinski definition) is 3. The number of hydrogen-bond donors (Lipinski definition) is 1. The molecule has 4 rings (SSSR count). The highest BCUT2D eigenvalue weighted by Gasteiger charge is 2.25. The largest absolute Gasteiger partial charge is 0.389 e. The first-order valence-corrected chi connectivity index (χ1v) is 10.1. The molecule has 0 spiro atoms. The molecule has 1 unspecified atom stereocenters. The molecule has 1 aromatic carbocycles. The number of para-hydroxylation sites is 2. The minimum atomic E-state index is -0.473. The topological polar surface area (TPSA) is 47.3 Å². The third-order valence-corrected chi connectivity index (χ3v) is 5.87. The molecule has 0 amide bonds. The van der Waals surface area contributed by atoms with Gasteiger partial charge in [0.2, 0.25) is 0 Å². The van der Waals surface area contributed by atoms with Crippen LogP contribution in [-0.2, 0) is 11.3 Å². The molecule has 26 heavy (non-hydrogen) atoms. The maximum Gasteiger partial charge on any atom is 0.113 e. The van der Waals surface area contributed by atoms with E-state index in [1.54, 1.807) is 0 Å². The van der Waals surface area contributed by atoms with Crippen molar-refractivity contribution in [1.82, 2.24) is 9.55 Å². The Labute approximate surface area is 162 Å². The maximum absolute atomic E-state index is 10.6. The quantitative estimate of drug-likeness (QED) is 0.783. The van der Waals surface area contributed by atoms with E-state index in [2.05, 4.69) is 22.8 Å². The summed E-state index contributed by atoms with van der Waals surface area (Å²) >= 11 is 0. The summed E-state index contributed by atoms with van der Waals surface area (Å²) in [5.74, 6) is 1.70. The number of imidazole rings is 1. The highest BCUT2D eigenvalue weighted by Crippen LogP contribution is 2.35. The van der Waals surface area contributed by atoms with E-state index in [1.807, 2.05) is 6.07 Å². The Bertz CT molecular complexity index is 690. The molecule has 1 N–H and O–H groups in total. The first-order chi connectivity index (χ1) is 12.3. The van der Waals surface area contributed by atoms with E-state index in [9.17, 15) is 5.11 Å². The van der Waals surface area contributed by atoms with Gasteiger partial charge in [0, 0.05) is 5.92 Å². The Morgan fingerprint density at radius 2 is 1.73 bits per heavy atom. The van der Waals surface area contributed by atoms with Crippen molar-refractivity contribution in [2.24, 2.45) is 0 Å². The lowest BCUT2D eigenvalue weighted by Gasteiger charge is -2.24. The second-order valence-corrected chi connectivity index (χ2v) is 7.80. The maximum atomic E-state index is 10.6. The van der Waals surface area contributed by atoms with Gasteiger partial charge in [0.1, 0.15) is 5.82 Å². The molecule has 4 nitrogen and oxygen atoms in total. The van der Waals surface area contributed by atoms with Crippen molar-refractivity contribution in [2.75, 3.05) is 6.61 Å². The van der Waals surface area contributed by atoms with Crippen molar-refractivity contribution in [2.45, 2.75) is 82.5 Å². The zero-order valence-electron chi connectivity index (χ0n) is 15.5. The van der Waals surface area contributed by atoms with Crippen molar-refractivity contribution in [1.29, 1.82) is 0 Å². The minimum Gasteiger partial charge on any atom is -0.389 e. The van der Waals surface area contributed by atoms with Crippen molar-refractivity contribution in [3.63, 3.8) is 0 Å². The number of halogens is 1. The van der Waals surface area contributed by atoms with Crippen LogP contribution in [0.4, 0.5) is 0 Å². The van der Waals surface area contributed by atoms with Crippen LogP contribution >= 0.6 is 12.4 Å². The van der Waals surface area contributed by atoms with Crippen molar-refractivity contribution in [3.8, 4) is 0 Å². The Hall–Kier alpha value is -1.10. The van der Waals surface area contributed by atoms with Crippen molar-refractivity contribution < 1.29 is 9.84 Å². The van der Waals surface area contributed by atoms with Gasteiger partial charge in [0.15, 0.2) is 0 Å². The Morgan fingerprint density at radius 1 is 1.04 bits per heavy atom. The molecule has 2 aliphatic rings. The summed E-state index contributed by atoms with van der Waals surface area (Å²) in [6, 6.07) is 8.30. The van der Waals surface area contributed by atoms with Gasteiger partial charge in [-0.3, -0.25) is 0 Å².